The van der Waals surface area contributed by atoms with Gasteiger partial charge in [0.2, 0.25) is 0 Å². The number of nitrogens with zero attached hydrogens (tertiary/aromatic N) is 1. The molecule has 3 nitrogen and oxygen atoms in total. The Morgan fingerprint density at radius 2 is 2.28 bits per heavy atom. The molecule has 0 fully saturated rings. The fraction of sp³-hybridized carbons (Fsp3) is 0.231. The van der Waals surface area contributed by atoms with Crippen molar-refractivity contribution in [2.24, 2.45) is 0 Å². The van der Waals surface area contributed by atoms with E-state index in [2.05, 4.69) is 4.98 Å². The van der Waals surface area contributed by atoms with Gasteiger partial charge in [-0.05, 0) is 18.6 Å². The summed E-state index contributed by atoms with van der Waals surface area (Å²) >= 11 is 3.22. The van der Waals surface area contributed by atoms with Crippen molar-refractivity contribution in [2.45, 2.75) is 17.7 Å². The lowest BCUT2D eigenvalue weighted by atomic mass is 10.2. The van der Waals surface area contributed by atoms with Gasteiger partial charge in [-0.15, -0.1) is 11.3 Å². The Bertz CT molecular complexity index is 556. The van der Waals surface area contributed by atoms with Gasteiger partial charge in [-0.2, -0.15) is 0 Å². The molecule has 0 bridgehead atoms. The maximum atomic E-state index is 10.8. The van der Waals surface area contributed by atoms with Crippen molar-refractivity contribution in [3.05, 3.63) is 35.9 Å². The molecule has 1 N–H and O–H groups in total. The summed E-state index contributed by atoms with van der Waals surface area (Å²) in [7, 11) is 0. The molecule has 2 aromatic rings. The number of hydrogen-bond donors (Lipinski definition) is 1. The van der Waals surface area contributed by atoms with Crippen molar-refractivity contribution >= 4 is 39.3 Å². The van der Waals surface area contributed by atoms with E-state index in [1.165, 1.54) is 0 Å². The van der Waals surface area contributed by atoms with Gasteiger partial charge in [0.15, 0.2) is 4.34 Å². The van der Waals surface area contributed by atoms with Crippen LogP contribution in [-0.2, 0) is 4.79 Å². The van der Waals surface area contributed by atoms with E-state index in [0.29, 0.717) is 17.7 Å². The highest BCUT2D eigenvalue weighted by Crippen LogP contribution is 2.29. The van der Waals surface area contributed by atoms with Gasteiger partial charge >= 0.3 is 5.97 Å². The molecule has 1 heterocycles. The summed E-state index contributed by atoms with van der Waals surface area (Å²) < 4.78 is 2.14. The summed E-state index contributed by atoms with van der Waals surface area (Å²) in [6.45, 7) is 1.85. The standard InChI is InChI=1S/C13H13NO2S2/c1-2-9(12(15)16)7-8-17-13-14-10-5-3-4-6-11(10)18-13/h3-7H,2,8H2,1H3,(H,15,16). The average Bonchev–Trinajstić information content (AvgIpc) is 2.76. The summed E-state index contributed by atoms with van der Waals surface area (Å²) in [6, 6.07) is 7.99. The Kier molecular flexibility index (Phi) is 4.38. The zero-order chi connectivity index (χ0) is 13.0. The van der Waals surface area contributed by atoms with Crippen LogP contribution in [0.25, 0.3) is 10.2 Å². The molecule has 1 aromatic heterocycles. The number of aliphatic carboxylic acids is 1. The summed E-state index contributed by atoms with van der Waals surface area (Å²) in [5.74, 6) is -0.183. The molecule has 2 rings (SSSR count). The highest BCUT2D eigenvalue weighted by atomic mass is 32.2. The van der Waals surface area contributed by atoms with E-state index in [4.69, 9.17) is 5.11 Å². The number of carboxylic acids is 1. The number of hydrogen-bond acceptors (Lipinski definition) is 4. The van der Waals surface area contributed by atoms with Gasteiger partial charge in [0.05, 0.1) is 10.2 Å². The van der Waals surface area contributed by atoms with Gasteiger partial charge in [-0.1, -0.05) is 36.9 Å². The molecule has 5 heteroatoms. The summed E-state index contributed by atoms with van der Waals surface area (Å²) in [5.41, 5.74) is 1.46. The highest BCUT2D eigenvalue weighted by molar-refractivity contribution is 8.01. The number of aromatic nitrogens is 1. The SMILES string of the molecule is CCC(=CCSc1nc2ccccc2s1)C(=O)O. The van der Waals surface area contributed by atoms with E-state index in [1.54, 1.807) is 29.2 Å². The van der Waals surface area contributed by atoms with Crippen molar-refractivity contribution in [1.82, 2.24) is 4.98 Å². The lowest BCUT2D eigenvalue weighted by Gasteiger charge is -1.96. The zero-order valence-corrected chi connectivity index (χ0v) is 11.6. The quantitative estimate of drug-likeness (QED) is 0.668. The van der Waals surface area contributed by atoms with Gasteiger partial charge in [0, 0.05) is 11.3 Å². The summed E-state index contributed by atoms with van der Waals surface area (Å²) in [6.07, 6.45) is 2.31. The third kappa shape index (κ3) is 3.11. The average molecular weight is 279 g/mol. The first-order chi connectivity index (χ1) is 8.70. The number of benzene rings is 1. The van der Waals surface area contributed by atoms with Crippen LogP contribution in [0.5, 0.6) is 0 Å². The van der Waals surface area contributed by atoms with Crippen LogP contribution in [-0.4, -0.2) is 21.8 Å². The molecule has 0 saturated heterocycles. The summed E-state index contributed by atoms with van der Waals surface area (Å²) in [5, 5.41) is 8.89. The van der Waals surface area contributed by atoms with Crippen LogP contribution in [0.15, 0.2) is 40.3 Å². The Labute approximate surface area is 114 Å². The van der Waals surface area contributed by atoms with Gasteiger partial charge in [0.1, 0.15) is 0 Å². The molecule has 1 aromatic carbocycles. The van der Waals surface area contributed by atoms with Crippen LogP contribution in [0.1, 0.15) is 13.3 Å². The third-order valence-electron chi connectivity index (χ3n) is 2.47. The van der Waals surface area contributed by atoms with E-state index < -0.39 is 5.97 Å². The van der Waals surface area contributed by atoms with Gasteiger partial charge < -0.3 is 5.11 Å². The molecular formula is C13H13NO2S2. The number of carboxylic acid groups (broad SMARTS) is 1. The monoisotopic (exact) mass is 279 g/mol. The van der Waals surface area contributed by atoms with Crippen LogP contribution in [0, 0.1) is 0 Å². The molecule has 18 heavy (non-hydrogen) atoms. The predicted molar refractivity (Wildman–Crippen MR) is 76.4 cm³/mol. The first-order valence-electron chi connectivity index (χ1n) is 5.61. The van der Waals surface area contributed by atoms with Gasteiger partial charge in [0.25, 0.3) is 0 Å². The Morgan fingerprint density at radius 1 is 1.50 bits per heavy atom. The van der Waals surface area contributed by atoms with E-state index in [9.17, 15) is 4.79 Å². The minimum absolute atomic E-state index is 0.462. The van der Waals surface area contributed by atoms with E-state index >= 15 is 0 Å². The van der Waals surface area contributed by atoms with Crippen molar-refractivity contribution in [2.75, 3.05) is 5.75 Å². The summed E-state index contributed by atoms with van der Waals surface area (Å²) in [4.78, 5) is 15.3. The maximum absolute atomic E-state index is 10.8. The van der Waals surface area contributed by atoms with Crippen molar-refractivity contribution in [3.8, 4) is 0 Å². The smallest absolute Gasteiger partial charge is 0.331 e. The number of thioether (sulfide) groups is 1. The largest absolute Gasteiger partial charge is 0.478 e. The lowest BCUT2D eigenvalue weighted by molar-refractivity contribution is -0.132. The second kappa shape index (κ2) is 6.02. The molecular weight excluding hydrogens is 266 g/mol. The third-order valence-corrected chi connectivity index (χ3v) is 4.57. The maximum Gasteiger partial charge on any atom is 0.331 e. The lowest BCUT2D eigenvalue weighted by Crippen LogP contribution is -1.99. The van der Waals surface area contributed by atoms with Crippen LogP contribution in [0.4, 0.5) is 0 Å². The van der Waals surface area contributed by atoms with E-state index in [-0.39, 0.29) is 0 Å². The van der Waals surface area contributed by atoms with Crippen LogP contribution in [0.2, 0.25) is 0 Å². The molecule has 0 saturated carbocycles. The number of carbonyl (C=O) groups is 1. The fourth-order valence-electron chi connectivity index (χ4n) is 1.51. The molecule has 0 aliphatic carbocycles. The molecule has 0 amide bonds. The minimum Gasteiger partial charge on any atom is -0.478 e. The normalized spacial score (nSPS) is 11.9. The Morgan fingerprint density at radius 3 is 2.94 bits per heavy atom. The number of fused-ring (bicyclic) bond motifs is 1. The zero-order valence-electron chi connectivity index (χ0n) is 9.92. The van der Waals surface area contributed by atoms with Crippen LogP contribution in [0.3, 0.4) is 0 Å². The number of para-hydroxylation sites is 1. The van der Waals surface area contributed by atoms with Gasteiger partial charge in [-0.25, -0.2) is 9.78 Å². The second-order valence-corrected chi connectivity index (χ2v) is 5.94. The molecule has 0 aliphatic heterocycles. The van der Waals surface area contributed by atoms with E-state index in [1.807, 2.05) is 31.2 Å². The highest BCUT2D eigenvalue weighted by Gasteiger charge is 2.05. The topological polar surface area (TPSA) is 50.2 Å². The fourth-order valence-corrected chi connectivity index (χ4v) is 3.51. The molecule has 0 radical (unpaired) electrons. The van der Waals surface area contributed by atoms with Crippen molar-refractivity contribution < 1.29 is 9.90 Å². The second-order valence-electron chi connectivity index (χ2n) is 3.65. The first kappa shape index (κ1) is 13.1. The van der Waals surface area contributed by atoms with Crippen LogP contribution >= 0.6 is 23.1 Å². The molecule has 0 spiro atoms. The number of thiazole rings is 1. The van der Waals surface area contributed by atoms with Crippen molar-refractivity contribution in [3.63, 3.8) is 0 Å². The minimum atomic E-state index is -0.831. The predicted octanol–water partition coefficient (Wildman–Crippen LogP) is 3.81. The van der Waals surface area contributed by atoms with E-state index in [0.717, 1.165) is 14.6 Å². The molecule has 94 valence electrons. The first-order valence-corrected chi connectivity index (χ1v) is 7.41. The molecule has 0 aliphatic rings. The number of rotatable bonds is 5. The van der Waals surface area contributed by atoms with Gasteiger partial charge in [-0.3, -0.25) is 0 Å². The van der Waals surface area contributed by atoms with Crippen LogP contribution < -0.4 is 0 Å². The Balaban J connectivity index is 2.04. The van der Waals surface area contributed by atoms with Crippen molar-refractivity contribution in [1.29, 1.82) is 0 Å². The Hall–Kier alpha value is -1.33. The molecule has 0 atom stereocenters. The molecule has 0 unspecified atom stereocenters.